The van der Waals surface area contributed by atoms with E-state index in [4.69, 9.17) is 4.74 Å². The molecule has 0 radical (unpaired) electrons. The monoisotopic (exact) mass is 369 g/mol. The Balaban J connectivity index is 2.00. The summed E-state index contributed by atoms with van der Waals surface area (Å²) < 4.78 is 6.80. The fraction of sp³-hybridized carbons (Fsp3) is 0.467. The second kappa shape index (κ2) is 7.71. The maximum atomic E-state index is 12.0. The van der Waals surface area contributed by atoms with E-state index >= 15 is 0 Å². The van der Waals surface area contributed by atoms with Crippen LogP contribution >= 0.6 is 15.9 Å². The highest BCUT2D eigenvalue weighted by molar-refractivity contribution is 9.10. The molecule has 1 heterocycles. The van der Waals surface area contributed by atoms with Gasteiger partial charge in [0.25, 0.3) is 0 Å². The summed E-state index contributed by atoms with van der Waals surface area (Å²) in [7, 11) is 1.48. The van der Waals surface area contributed by atoms with Gasteiger partial charge in [-0.25, -0.2) is 4.79 Å². The highest BCUT2D eigenvalue weighted by atomic mass is 79.9. The average Bonchev–Trinajstić information content (AvgIpc) is 2.54. The molecule has 0 spiro atoms. The molecule has 2 rings (SSSR count). The van der Waals surface area contributed by atoms with Gasteiger partial charge < -0.3 is 10.1 Å². The Morgan fingerprint density at radius 2 is 2.23 bits per heavy atom. The van der Waals surface area contributed by atoms with E-state index in [2.05, 4.69) is 26.6 Å². The smallest absolute Gasteiger partial charge is 0.321 e. The minimum absolute atomic E-state index is 0.0819. The van der Waals surface area contributed by atoms with Gasteiger partial charge in [0.1, 0.15) is 0 Å². The number of benzene rings is 1. The van der Waals surface area contributed by atoms with Gasteiger partial charge in [0.2, 0.25) is 5.91 Å². The lowest BCUT2D eigenvalue weighted by Gasteiger charge is -2.36. The topological polar surface area (TPSA) is 70.7 Å². The Labute approximate surface area is 138 Å². The van der Waals surface area contributed by atoms with E-state index in [1.54, 1.807) is 6.92 Å². The van der Waals surface area contributed by atoms with Gasteiger partial charge in [-0.15, -0.1) is 0 Å². The number of urea groups is 1. The number of amides is 3. The number of hydrogen-bond donors (Lipinski definition) is 2. The van der Waals surface area contributed by atoms with E-state index in [0.29, 0.717) is 19.7 Å². The molecule has 2 atom stereocenters. The van der Waals surface area contributed by atoms with Crippen molar-refractivity contribution in [1.29, 1.82) is 0 Å². The molecule has 1 aromatic carbocycles. The van der Waals surface area contributed by atoms with Crippen LogP contribution in [-0.4, -0.2) is 49.6 Å². The van der Waals surface area contributed by atoms with E-state index in [-0.39, 0.29) is 12.0 Å². The molecule has 1 aliphatic rings. The molecule has 120 valence electrons. The minimum atomic E-state index is -0.492. The fourth-order valence-corrected chi connectivity index (χ4v) is 2.79. The fourth-order valence-electron chi connectivity index (χ4n) is 2.37. The molecular formula is C15H20BrN3O3. The molecule has 0 bridgehead atoms. The van der Waals surface area contributed by atoms with Crippen LogP contribution in [0.2, 0.25) is 0 Å². The van der Waals surface area contributed by atoms with E-state index < -0.39 is 12.1 Å². The van der Waals surface area contributed by atoms with Gasteiger partial charge in [0.05, 0.1) is 18.8 Å². The molecule has 22 heavy (non-hydrogen) atoms. The van der Waals surface area contributed by atoms with Crippen molar-refractivity contribution < 1.29 is 14.3 Å². The van der Waals surface area contributed by atoms with E-state index in [0.717, 1.165) is 10.0 Å². The number of imide groups is 1. The van der Waals surface area contributed by atoms with Crippen molar-refractivity contribution in [2.45, 2.75) is 19.1 Å². The van der Waals surface area contributed by atoms with Gasteiger partial charge >= 0.3 is 6.03 Å². The lowest BCUT2D eigenvalue weighted by molar-refractivity contribution is -0.128. The van der Waals surface area contributed by atoms with Crippen LogP contribution in [-0.2, 0) is 9.53 Å². The summed E-state index contributed by atoms with van der Waals surface area (Å²) in [6.07, 6.45) is -0.0819. The quantitative estimate of drug-likeness (QED) is 0.849. The normalized spacial score (nSPS) is 20.2. The van der Waals surface area contributed by atoms with Crippen molar-refractivity contribution >= 4 is 27.9 Å². The number of morpholine rings is 1. The molecule has 1 aliphatic heterocycles. The zero-order valence-electron chi connectivity index (χ0n) is 12.6. The first-order chi connectivity index (χ1) is 10.5. The first-order valence-corrected chi connectivity index (χ1v) is 7.94. The van der Waals surface area contributed by atoms with Crippen LogP contribution in [0.15, 0.2) is 28.7 Å². The summed E-state index contributed by atoms with van der Waals surface area (Å²) in [5.41, 5.74) is 1.07. The zero-order valence-corrected chi connectivity index (χ0v) is 14.2. The molecule has 1 fully saturated rings. The van der Waals surface area contributed by atoms with Crippen LogP contribution in [0.5, 0.6) is 0 Å². The third-order valence-corrected chi connectivity index (χ3v) is 4.20. The summed E-state index contributed by atoms with van der Waals surface area (Å²) in [5.74, 6) is -0.311. The second-order valence-electron chi connectivity index (χ2n) is 5.15. The van der Waals surface area contributed by atoms with Crippen molar-refractivity contribution in [2.75, 3.05) is 26.7 Å². The van der Waals surface area contributed by atoms with E-state index in [9.17, 15) is 9.59 Å². The number of nitrogens with zero attached hydrogens (tertiary/aromatic N) is 1. The van der Waals surface area contributed by atoms with Crippen molar-refractivity contribution in [3.05, 3.63) is 34.3 Å². The van der Waals surface area contributed by atoms with Crippen LogP contribution in [0.3, 0.4) is 0 Å². The Bertz CT molecular complexity index is 553. The van der Waals surface area contributed by atoms with Crippen molar-refractivity contribution in [3.63, 3.8) is 0 Å². The molecular weight excluding hydrogens is 350 g/mol. The van der Waals surface area contributed by atoms with Gasteiger partial charge in [0, 0.05) is 24.6 Å². The van der Waals surface area contributed by atoms with Crippen molar-refractivity contribution in [1.82, 2.24) is 15.5 Å². The Morgan fingerprint density at radius 1 is 1.45 bits per heavy atom. The summed E-state index contributed by atoms with van der Waals surface area (Å²) in [6.45, 7) is 3.61. The molecule has 7 heteroatoms. The zero-order chi connectivity index (χ0) is 16.1. The summed E-state index contributed by atoms with van der Waals surface area (Å²) in [4.78, 5) is 25.3. The van der Waals surface area contributed by atoms with Crippen molar-refractivity contribution in [3.8, 4) is 0 Å². The predicted octanol–water partition coefficient (Wildman–Crippen LogP) is 1.67. The highest BCUT2D eigenvalue weighted by Gasteiger charge is 2.29. The highest BCUT2D eigenvalue weighted by Crippen LogP contribution is 2.25. The van der Waals surface area contributed by atoms with E-state index in [1.165, 1.54) is 7.05 Å². The molecule has 1 aromatic rings. The largest absolute Gasteiger partial charge is 0.371 e. The van der Waals surface area contributed by atoms with Gasteiger partial charge in [-0.1, -0.05) is 28.1 Å². The molecule has 0 aliphatic carbocycles. The Kier molecular flexibility index (Phi) is 5.93. The van der Waals surface area contributed by atoms with Gasteiger partial charge in [0.15, 0.2) is 0 Å². The Morgan fingerprint density at radius 3 is 2.91 bits per heavy atom. The number of ether oxygens (including phenoxy) is 1. The first-order valence-electron chi connectivity index (χ1n) is 7.15. The number of rotatable bonds is 3. The maximum Gasteiger partial charge on any atom is 0.321 e. The van der Waals surface area contributed by atoms with Gasteiger partial charge in [-0.2, -0.15) is 0 Å². The summed E-state index contributed by atoms with van der Waals surface area (Å²) in [6, 6.07) is 7.06. The molecule has 0 aromatic heterocycles. The first kappa shape index (κ1) is 16.9. The van der Waals surface area contributed by atoms with Gasteiger partial charge in [-0.3, -0.25) is 15.0 Å². The van der Waals surface area contributed by atoms with Crippen LogP contribution in [0.25, 0.3) is 0 Å². The molecule has 2 N–H and O–H groups in total. The predicted molar refractivity (Wildman–Crippen MR) is 86.5 cm³/mol. The standard InChI is InChI=1S/C15H20BrN3O3/c1-10(14(20)18-15(21)17-2)19-6-7-22-13(9-19)11-4-3-5-12(16)8-11/h3-5,8,10,13H,6-7,9H2,1-2H3,(H2,17,18,20,21)/t10-,13+/m1/s1. The van der Waals surface area contributed by atoms with Crippen LogP contribution < -0.4 is 10.6 Å². The third-order valence-electron chi connectivity index (χ3n) is 3.71. The van der Waals surface area contributed by atoms with Gasteiger partial charge in [-0.05, 0) is 24.6 Å². The lowest BCUT2D eigenvalue weighted by atomic mass is 10.1. The molecule has 6 nitrogen and oxygen atoms in total. The van der Waals surface area contributed by atoms with Crippen LogP contribution in [0.4, 0.5) is 4.79 Å². The van der Waals surface area contributed by atoms with Crippen molar-refractivity contribution in [2.24, 2.45) is 0 Å². The molecule has 1 saturated heterocycles. The minimum Gasteiger partial charge on any atom is -0.371 e. The lowest BCUT2D eigenvalue weighted by Crippen LogP contribution is -2.52. The summed E-state index contributed by atoms with van der Waals surface area (Å²) >= 11 is 3.45. The number of nitrogens with one attached hydrogen (secondary N) is 2. The van der Waals surface area contributed by atoms with Crippen LogP contribution in [0, 0.1) is 0 Å². The Hall–Kier alpha value is -1.44. The van der Waals surface area contributed by atoms with Crippen LogP contribution in [0.1, 0.15) is 18.6 Å². The second-order valence-corrected chi connectivity index (χ2v) is 6.07. The SMILES string of the molecule is CNC(=O)NC(=O)[C@@H](C)N1CCO[C@H](c2cccc(Br)c2)C1. The summed E-state index contributed by atoms with van der Waals surface area (Å²) in [5, 5.41) is 4.69. The maximum absolute atomic E-state index is 12.0. The number of halogens is 1. The molecule has 0 unspecified atom stereocenters. The molecule has 0 saturated carbocycles. The van der Waals surface area contributed by atoms with E-state index in [1.807, 2.05) is 29.2 Å². The number of hydrogen-bond acceptors (Lipinski definition) is 4. The number of carbonyl (C=O) groups is 2. The average molecular weight is 370 g/mol. The third kappa shape index (κ3) is 4.28. The molecule has 3 amide bonds. The number of carbonyl (C=O) groups excluding carboxylic acids is 2.